The van der Waals surface area contributed by atoms with E-state index in [1.165, 1.54) is 4.90 Å². The van der Waals surface area contributed by atoms with Crippen LogP contribution in [0.5, 0.6) is 0 Å². The molecule has 7 heteroatoms. The number of rotatable bonds is 6. The van der Waals surface area contributed by atoms with E-state index < -0.39 is 11.9 Å². The van der Waals surface area contributed by atoms with E-state index in [0.29, 0.717) is 6.54 Å². The molecule has 1 heterocycles. The minimum atomic E-state index is -0.938. The fraction of sp³-hybridized carbons (Fsp3) is 0.333. The minimum Gasteiger partial charge on any atom is -0.481 e. The maximum Gasteiger partial charge on any atom is 0.308 e. The van der Waals surface area contributed by atoms with Crippen LogP contribution in [0.25, 0.3) is 0 Å². The van der Waals surface area contributed by atoms with Gasteiger partial charge in [0.2, 0.25) is 0 Å². The third kappa shape index (κ3) is 3.91. The molecule has 2 rings (SSSR count). The van der Waals surface area contributed by atoms with Crippen LogP contribution in [0.2, 0.25) is 0 Å². The highest BCUT2D eigenvalue weighted by Gasteiger charge is 2.20. The minimum absolute atomic E-state index is 0.125. The van der Waals surface area contributed by atoms with E-state index in [-0.39, 0.29) is 18.1 Å². The van der Waals surface area contributed by atoms with Crippen LogP contribution < -0.4 is 0 Å². The molecule has 1 aromatic heterocycles. The SMILES string of the molecule is CC(CN(C)C(=O)c1cn(Cc2ccccc2)nn1)C(=O)O. The lowest BCUT2D eigenvalue weighted by Gasteiger charge is -2.17. The molecule has 1 aromatic carbocycles. The van der Waals surface area contributed by atoms with Gasteiger partial charge in [0.25, 0.3) is 5.91 Å². The maximum atomic E-state index is 12.2. The second-order valence-electron chi connectivity index (χ2n) is 5.21. The normalized spacial score (nSPS) is 11.9. The van der Waals surface area contributed by atoms with E-state index in [9.17, 15) is 9.59 Å². The molecule has 0 saturated carbocycles. The lowest BCUT2D eigenvalue weighted by Crippen LogP contribution is -2.33. The van der Waals surface area contributed by atoms with Crippen molar-refractivity contribution in [1.29, 1.82) is 0 Å². The van der Waals surface area contributed by atoms with Crippen molar-refractivity contribution in [2.75, 3.05) is 13.6 Å². The number of amides is 1. The van der Waals surface area contributed by atoms with Crippen molar-refractivity contribution in [2.45, 2.75) is 13.5 Å². The largest absolute Gasteiger partial charge is 0.481 e. The van der Waals surface area contributed by atoms with Crippen molar-refractivity contribution in [2.24, 2.45) is 5.92 Å². The van der Waals surface area contributed by atoms with Crippen LogP contribution in [0.4, 0.5) is 0 Å². The molecule has 1 unspecified atom stereocenters. The van der Waals surface area contributed by atoms with Crippen molar-refractivity contribution < 1.29 is 14.7 Å². The summed E-state index contributed by atoms with van der Waals surface area (Å²) in [6.07, 6.45) is 1.57. The Kier molecular flexibility index (Phi) is 4.88. The Morgan fingerprint density at radius 3 is 2.64 bits per heavy atom. The highest BCUT2D eigenvalue weighted by molar-refractivity contribution is 5.92. The van der Waals surface area contributed by atoms with Gasteiger partial charge in [0.15, 0.2) is 5.69 Å². The molecule has 0 aliphatic heterocycles. The van der Waals surface area contributed by atoms with Crippen molar-refractivity contribution in [3.8, 4) is 0 Å². The Labute approximate surface area is 128 Å². The Morgan fingerprint density at radius 1 is 1.32 bits per heavy atom. The van der Waals surface area contributed by atoms with Gasteiger partial charge in [0, 0.05) is 13.6 Å². The zero-order valence-corrected chi connectivity index (χ0v) is 12.5. The average molecular weight is 302 g/mol. The second kappa shape index (κ2) is 6.84. The van der Waals surface area contributed by atoms with E-state index in [1.807, 2.05) is 30.3 Å². The van der Waals surface area contributed by atoms with E-state index >= 15 is 0 Å². The van der Waals surface area contributed by atoms with Crippen molar-refractivity contribution in [3.05, 3.63) is 47.8 Å². The quantitative estimate of drug-likeness (QED) is 0.864. The summed E-state index contributed by atoms with van der Waals surface area (Å²) in [5, 5.41) is 16.7. The molecule has 1 atom stereocenters. The van der Waals surface area contributed by atoms with Crippen LogP contribution in [0, 0.1) is 5.92 Å². The first-order chi connectivity index (χ1) is 10.5. The molecule has 0 radical (unpaired) electrons. The highest BCUT2D eigenvalue weighted by atomic mass is 16.4. The van der Waals surface area contributed by atoms with Gasteiger partial charge in [-0.1, -0.05) is 42.5 Å². The molecular formula is C15H18N4O3. The monoisotopic (exact) mass is 302 g/mol. The van der Waals surface area contributed by atoms with Gasteiger partial charge >= 0.3 is 5.97 Å². The summed E-state index contributed by atoms with van der Waals surface area (Å²) in [4.78, 5) is 24.4. The van der Waals surface area contributed by atoms with Gasteiger partial charge in [-0.15, -0.1) is 5.10 Å². The zero-order chi connectivity index (χ0) is 16.1. The first-order valence-electron chi connectivity index (χ1n) is 6.89. The third-order valence-corrected chi connectivity index (χ3v) is 3.26. The summed E-state index contributed by atoms with van der Waals surface area (Å²) >= 11 is 0. The number of carbonyl (C=O) groups is 2. The molecule has 0 aliphatic rings. The molecule has 0 spiro atoms. The van der Waals surface area contributed by atoms with Crippen LogP contribution in [-0.2, 0) is 11.3 Å². The van der Waals surface area contributed by atoms with E-state index in [0.717, 1.165) is 5.56 Å². The number of carbonyl (C=O) groups excluding carboxylic acids is 1. The van der Waals surface area contributed by atoms with Crippen LogP contribution in [0.3, 0.4) is 0 Å². The number of aromatic nitrogens is 3. The fourth-order valence-corrected chi connectivity index (χ4v) is 2.01. The van der Waals surface area contributed by atoms with Gasteiger partial charge in [-0.3, -0.25) is 9.59 Å². The van der Waals surface area contributed by atoms with Crippen molar-refractivity contribution in [1.82, 2.24) is 19.9 Å². The average Bonchev–Trinajstić information content (AvgIpc) is 2.95. The molecule has 0 aliphatic carbocycles. The predicted octanol–water partition coefficient (Wildman–Crippen LogP) is 1.12. The van der Waals surface area contributed by atoms with Gasteiger partial charge in [0.1, 0.15) is 0 Å². The number of hydrogen-bond acceptors (Lipinski definition) is 4. The van der Waals surface area contributed by atoms with Gasteiger partial charge in [-0.2, -0.15) is 0 Å². The van der Waals surface area contributed by atoms with Gasteiger partial charge in [-0.05, 0) is 5.56 Å². The Morgan fingerprint density at radius 2 is 2.00 bits per heavy atom. The van der Waals surface area contributed by atoms with Crippen molar-refractivity contribution in [3.63, 3.8) is 0 Å². The Balaban J connectivity index is 2.01. The predicted molar refractivity (Wildman–Crippen MR) is 79.3 cm³/mol. The topological polar surface area (TPSA) is 88.3 Å². The first kappa shape index (κ1) is 15.7. The summed E-state index contributed by atoms with van der Waals surface area (Å²) in [5.41, 5.74) is 1.26. The van der Waals surface area contributed by atoms with Crippen LogP contribution in [-0.4, -0.2) is 50.5 Å². The van der Waals surface area contributed by atoms with Gasteiger partial charge in [-0.25, -0.2) is 4.68 Å². The number of carboxylic acid groups (broad SMARTS) is 1. The van der Waals surface area contributed by atoms with E-state index in [4.69, 9.17) is 5.11 Å². The molecule has 2 aromatic rings. The van der Waals surface area contributed by atoms with Crippen molar-refractivity contribution >= 4 is 11.9 Å². The molecule has 22 heavy (non-hydrogen) atoms. The maximum absolute atomic E-state index is 12.2. The fourth-order valence-electron chi connectivity index (χ4n) is 2.01. The molecule has 116 valence electrons. The van der Waals surface area contributed by atoms with Crippen LogP contribution in [0.1, 0.15) is 23.0 Å². The Bertz CT molecular complexity index is 654. The molecule has 0 saturated heterocycles. The summed E-state index contributed by atoms with van der Waals surface area (Å²) in [7, 11) is 1.55. The number of benzene rings is 1. The highest BCUT2D eigenvalue weighted by Crippen LogP contribution is 2.06. The summed E-state index contributed by atoms with van der Waals surface area (Å²) in [5.74, 6) is -1.91. The number of nitrogens with zero attached hydrogens (tertiary/aromatic N) is 4. The molecule has 0 fully saturated rings. The molecule has 1 N–H and O–H groups in total. The zero-order valence-electron chi connectivity index (χ0n) is 12.5. The molecular weight excluding hydrogens is 284 g/mol. The number of carboxylic acids is 1. The summed E-state index contributed by atoms with van der Waals surface area (Å²) in [6, 6.07) is 9.71. The molecule has 1 amide bonds. The third-order valence-electron chi connectivity index (χ3n) is 3.26. The lowest BCUT2D eigenvalue weighted by atomic mass is 10.2. The van der Waals surface area contributed by atoms with Crippen LogP contribution in [0.15, 0.2) is 36.5 Å². The van der Waals surface area contributed by atoms with E-state index in [1.54, 1.807) is 24.9 Å². The molecule has 7 nitrogen and oxygen atoms in total. The summed E-state index contributed by atoms with van der Waals surface area (Å²) in [6.45, 7) is 2.20. The number of hydrogen-bond donors (Lipinski definition) is 1. The van der Waals surface area contributed by atoms with Gasteiger partial charge < -0.3 is 10.0 Å². The molecule has 0 bridgehead atoms. The number of aliphatic carboxylic acids is 1. The standard InChI is InChI=1S/C15H18N4O3/c1-11(15(21)22)8-18(2)14(20)13-10-19(17-16-13)9-12-6-4-3-5-7-12/h3-7,10-11H,8-9H2,1-2H3,(H,21,22). The first-order valence-corrected chi connectivity index (χ1v) is 6.89. The lowest BCUT2D eigenvalue weighted by molar-refractivity contribution is -0.141. The van der Waals surface area contributed by atoms with Gasteiger partial charge in [0.05, 0.1) is 18.7 Å². The summed E-state index contributed by atoms with van der Waals surface area (Å²) < 4.78 is 1.58. The van der Waals surface area contributed by atoms with E-state index in [2.05, 4.69) is 10.3 Å². The smallest absolute Gasteiger partial charge is 0.308 e. The Hall–Kier alpha value is -2.70. The second-order valence-corrected chi connectivity index (χ2v) is 5.21. The van der Waals surface area contributed by atoms with Crippen LogP contribution >= 0.6 is 0 Å².